The molecule has 0 aliphatic carbocycles. The third kappa shape index (κ3) is 4.35. The summed E-state index contributed by atoms with van der Waals surface area (Å²) in [5.41, 5.74) is 6.69. The summed E-state index contributed by atoms with van der Waals surface area (Å²) in [6, 6.07) is 9.33. The molecule has 1 aliphatic heterocycles. The van der Waals surface area contributed by atoms with Crippen molar-refractivity contribution in [1.29, 1.82) is 0 Å². The van der Waals surface area contributed by atoms with Crippen molar-refractivity contribution in [2.45, 2.75) is 24.5 Å². The number of thioether (sulfide) groups is 1. The second kappa shape index (κ2) is 9.14. The van der Waals surface area contributed by atoms with Crippen molar-refractivity contribution >= 4 is 45.7 Å². The van der Waals surface area contributed by atoms with E-state index in [1.807, 2.05) is 42.9 Å². The van der Waals surface area contributed by atoms with E-state index >= 15 is 0 Å². The Bertz CT molecular complexity index is 1470. The van der Waals surface area contributed by atoms with E-state index in [1.165, 1.54) is 4.90 Å². The Kier molecular flexibility index (Phi) is 6.16. The summed E-state index contributed by atoms with van der Waals surface area (Å²) in [5, 5.41) is 9.49. The van der Waals surface area contributed by atoms with Gasteiger partial charge in [0.2, 0.25) is 0 Å². The molecule has 0 spiro atoms. The first-order chi connectivity index (χ1) is 16.7. The number of amides is 1. The number of allylic oxidation sites excluding steroid dienone is 1. The van der Waals surface area contributed by atoms with E-state index in [-0.39, 0.29) is 5.91 Å². The van der Waals surface area contributed by atoms with Gasteiger partial charge in [0.1, 0.15) is 11.4 Å². The minimum atomic E-state index is -0.108. The number of halogens is 1. The molecular formula is C25H23ClN6OS2. The lowest BCUT2D eigenvalue weighted by Gasteiger charge is -2.15. The van der Waals surface area contributed by atoms with Crippen molar-refractivity contribution in [3.05, 3.63) is 70.8 Å². The van der Waals surface area contributed by atoms with E-state index in [1.54, 1.807) is 49.3 Å². The summed E-state index contributed by atoms with van der Waals surface area (Å²) in [6.45, 7) is 7.81. The van der Waals surface area contributed by atoms with Gasteiger partial charge < -0.3 is 10.2 Å². The Hall–Kier alpha value is -3.14. The molecule has 0 unspecified atom stereocenters. The number of anilines is 1. The third-order valence-electron chi connectivity index (χ3n) is 5.44. The zero-order valence-electron chi connectivity index (χ0n) is 19.7. The number of nitrogens with zero attached hydrogens (tertiary/aromatic N) is 5. The number of nitrogens with one attached hydrogen (secondary N) is 1. The lowest BCUT2D eigenvalue weighted by molar-refractivity contribution is 0.0827. The van der Waals surface area contributed by atoms with Gasteiger partial charge in [0.05, 0.1) is 26.2 Å². The van der Waals surface area contributed by atoms with Crippen LogP contribution in [0, 0.1) is 6.92 Å². The minimum absolute atomic E-state index is 0.108. The Labute approximate surface area is 216 Å². The van der Waals surface area contributed by atoms with Crippen LogP contribution in [0.15, 0.2) is 53.7 Å². The predicted octanol–water partition coefficient (Wildman–Crippen LogP) is 6.27. The van der Waals surface area contributed by atoms with Crippen LogP contribution < -0.4 is 5.32 Å². The molecule has 4 aromatic rings. The van der Waals surface area contributed by atoms with Gasteiger partial charge in [-0.05, 0) is 44.2 Å². The quantitative estimate of drug-likeness (QED) is 0.333. The number of hydrogen-bond donors (Lipinski definition) is 1. The Morgan fingerprint density at radius 2 is 2.06 bits per heavy atom. The fourth-order valence-corrected chi connectivity index (χ4v) is 6.41. The van der Waals surface area contributed by atoms with Crippen LogP contribution in [0.1, 0.15) is 28.7 Å². The van der Waals surface area contributed by atoms with Crippen molar-refractivity contribution < 1.29 is 4.79 Å². The number of carbonyl (C=O) groups excluding carboxylic acids is 1. The molecule has 0 atom stereocenters. The average Bonchev–Trinajstić information content (AvgIpc) is 3.39. The van der Waals surface area contributed by atoms with Crippen LogP contribution in [-0.4, -0.2) is 44.7 Å². The predicted molar refractivity (Wildman–Crippen MR) is 144 cm³/mol. The summed E-state index contributed by atoms with van der Waals surface area (Å²) in [7, 11) is 3.43. The lowest BCUT2D eigenvalue weighted by atomic mass is 10.1. The molecule has 1 aliphatic rings. The topological polar surface area (TPSA) is 75.9 Å². The van der Waals surface area contributed by atoms with E-state index < -0.39 is 0 Å². The Morgan fingerprint density at radius 1 is 1.26 bits per heavy atom. The van der Waals surface area contributed by atoms with E-state index in [4.69, 9.17) is 21.7 Å². The maximum absolute atomic E-state index is 12.5. The maximum Gasteiger partial charge on any atom is 0.253 e. The van der Waals surface area contributed by atoms with Crippen molar-refractivity contribution in [1.82, 2.24) is 24.6 Å². The smallest absolute Gasteiger partial charge is 0.253 e. The first-order valence-electron chi connectivity index (χ1n) is 10.9. The van der Waals surface area contributed by atoms with Crippen molar-refractivity contribution in [3.63, 3.8) is 0 Å². The van der Waals surface area contributed by atoms with Gasteiger partial charge in [0, 0.05) is 48.6 Å². The number of rotatable bonds is 5. The van der Waals surface area contributed by atoms with E-state index in [0.29, 0.717) is 16.3 Å². The van der Waals surface area contributed by atoms with Crippen molar-refractivity contribution in [3.8, 4) is 27.5 Å². The number of pyridine rings is 1. The molecule has 4 heterocycles. The normalized spacial score (nSPS) is 12.1. The van der Waals surface area contributed by atoms with Crippen LogP contribution in [0.3, 0.4) is 0 Å². The zero-order valence-corrected chi connectivity index (χ0v) is 22.1. The molecule has 0 bridgehead atoms. The van der Waals surface area contributed by atoms with Crippen LogP contribution in [0.2, 0.25) is 5.02 Å². The monoisotopic (exact) mass is 522 g/mol. The van der Waals surface area contributed by atoms with Gasteiger partial charge in [-0.25, -0.2) is 9.67 Å². The Morgan fingerprint density at radius 3 is 2.71 bits per heavy atom. The van der Waals surface area contributed by atoms with Crippen LogP contribution in [0.5, 0.6) is 0 Å². The first kappa shape index (κ1) is 23.6. The minimum Gasteiger partial charge on any atom is -0.345 e. The largest absolute Gasteiger partial charge is 0.345 e. The lowest BCUT2D eigenvalue weighted by Crippen LogP contribution is -2.21. The summed E-state index contributed by atoms with van der Waals surface area (Å²) < 4.78 is 1.87. The number of aromatic nitrogens is 4. The Balaban J connectivity index is 1.71. The van der Waals surface area contributed by atoms with Crippen molar-refractivity contribution in [2.24, 2.45) is 0 Å². The third-order valence-corrected chi connectivity index (χ3v) is 7.86. The number of fused-ring (bicyclic) bond motifs is 3. The molecule has 178 valence electrons. The molecule has 1 N–H and O–H groups in total. The number of carbonyl (C=O) groups is 1. The number of benzene rings is 1. The molecule has 0 fully saturated rings. The fraction of sp³-hybridized carbons (Fsp3) is 0.200. The summed E-state index contributed by atoms with van der Waals surface area (Å²) >= 11 is 10.0. The van der Waals surface area contributed by atoms with Gasteiger partial charge >= 0.3 is 0 Å². The van der Waals surface area contributed by atoms with Gasteiger partial charge in [0.15, 0.2) is 5.13 Å². The number of hydrogen-bond acceptors (Lipinski definition) is 7. The van der Waals surface area contributed by atoms with E-state index in [2.05, 4.69) is 16.9 Å². The van der Waals surface area contributed by atoms with Gasteiger partial charge in [-0.1, -0.05) is 29.5 Å². The maximum atomic E-state index is 12.5. The second-order valence-electron chi connectivity index (χ2n) is 8.48. The summed E-state index contributed by atoms with van der Waals surface area (Å²) in [4.78, 5) is 25.3. The average molecular weight is 523 g/mol. The molecule has 1 aromatic carbocycles. The first-order valence-corrected chi connectivity index (χ1v) is 13.0. The van der Waals surface area contributed by atoms with Gasteiger partial charge in [-0.15, -0.1) is 11.8 Å². The van der Waals surface area contributed by atoms with E-state index in [9.17, 15) is 4.79 Å². The standard InChI is InChI=1S/C25H23ClN6OS2/c1-13(2)28-25-29-18-12-34-23-20(16-7-6-14(3)27-11-16)30-32(21(23)22(18)35-25)19-9-8-15(10-17(19)26)24(33)31(4)5/h6-11H,1,12H2,2-5H3,(H,28,29). The van der Waals surface area contributed by atoms with E-state index in [0.717, 1.165) is 54.7 Å². The van der Waals surface area contributed by atoms with Crippen LogP contribution in [0.4, 0.5) is 5.13 Å². The highest BCUT2D eigenvalue weighted by atomic mass is 35.5. The van der Waals surface area contributed by atoms with Gasteiger partial charge in [-0.3, -0.25) is 9.78 Å². The van der Waals surface area contributed by atoms with Gasteiger partial charge in [-0.2, -0.15) is 5.10 Å². The molecule has 1 amide bonds. The number of thiazole rings is 1. The van der Waals surface area contributed by atoms with Crippen LogP contribution >= 0.6 is 34.7 Å². The molecule has 35 heavy (non-hydrogen) atoms. The highest BCUT2D eigenvalue weighted by Gasteiger charge is 2.31. The molecule has 0 saturated carbocycles. The zero-order chi connectivity index (χ0) is 24.9. The molecule has 5 rings (SSSR count). The fourth-order valence-electron chi connectivity index (χ4n) is 3.79. The summed E-state index contributed by atoms with van der Waals surface area (Å²) in [6.07, 6.45) is 1.85. The summed E-state index contributed by atoms with van der Waals surface area (Å²) in [5.74, 6) is 0.627. The SMILES string of the molecule is C=C(C)Nc1nc2c(s1)-c1c(c(-c3ccc(C)nc3)nn1-c1ccc(C(=O)N(C)C)cc1Cl)SC2. The highest BCUT2D eigenvalue weighted by molar-refractivity contribution is 7.99. The molecule has 3 aromatic heterocycles. The molecular weight excluding hydrogens is 500 g/mol. The second-order valence-corrected chi connectivity index (χ2v) is 10.9. The van der Waals surface area contributed by atoms with Crippen molar-refractivity contribution in [2.75, 3.05) is 19.4 Å². The molecule has 0 radical (unpaired) electrons. The highest BCUT2D eigenvalue weighted by Crippen LogP contribution is 2.50. The molecule has 0 saturated heterocycles. The van der Waals surface area contributed by atoms with Gasteiger partial charge in [0.25, 0.3) is 5.91 Å². The van der Waals surface area contributed by atoms with Crippen LogP contribution in [-0.2, 0) is 5.75 Å². The molecule has 10 heteroatoms. The van der Waals surface area contributed by atoms with Crippen LogP contribution in [0.25, 0.3) is 27.5 Å². The molecule has 7 nitrogen and oxygen atoms in total. The number of aryl methyl sites for hydroxylation is 1.